The van der Waals surface area contributed by atoms with Crippen molar-refractivity contribution in [3.05, 3.63) is 53.9 Å². The summed E-state index contributed by atoms with van der Waals surface area (Å²) in [5.41, 5.74) is -0.194. The number of H-pyrrole nitrogens is 3. The Bertz CT molecular complexity index is 651. The van der Waals surface area contributed by atoms with Gasteiger partial charge in [-0.25, -0.2) is 0 Å². The minimum atomic E-state index is -1.26. The van der Waals surface area contributed by atoms with Crippen LogP contribution in [0.3, 0.4) is 0 Å². The van der Waals surface area contributed by atoms with Gasteiger partial charge < -0.3 is 29.7 Å². The fraction of sp³-hybridized carbons (Fsp3) is 0. The summed E-state index contributed by atoms with van der Waals surface area (Å²) in [5, 5.41) is 46.6. The molecule has 3 heterocycles. The van der Waals surface area contributed by atoms with Crippen molar-refractivity contribution in [3.63, 3.8) is 0 Å². The van der Waals surface area contributed by atoms with Crippen LogP contribution in [0.4, 0.5) is 0 Å². The molecule has 0 aliphatic carbocycles. The van der Waals surface area contributed by atoms with Crippen LogP contribution in [0.15, 0.2) is 36.8 Å². The molecule has 3 N–H and O–H groups in total. The van der Waals surface area contributed by atoms with Crippen LogP contribution in [0.1, 0.15) is 31.5 Å². The second-order valence-corrected chi connectivity index (χ2v) is 3.74. The van der Waals surface area contributed by atoms with Gasteiger partial charge in [-0.2, -0.15) is 15.3 Å². The number of nitrogens with one attached hydrogen (secondary N) is 3. The van der Waals surface area contributed by atoms with Gasteiger partial charge in [0.15, 0.2) is 0 Å². The number of carboxylic acid groups (broad SMARTS) is 3. The molecular weight excluding hydrogens is 483 g/mol. The van der Waals surface area contributed by atoms with Crippen LogP contribution in [0.25, 0.3) is 0 Å². The van der Waals surface area contributed by atoms with Crippen molar-refractivity contribution in [2.24, 2.45) is 0 Å². The Morgan fingerprint density at radius 3 is 0.960 bits per heavy atom. The molecule has 3 aromatic rings. The van der Waals surface area contributed by atoms with E-state index in [0.717, 1.165) is 0 Å². The number of aromatic nitrogens is 6. The first-order chi connectivity index (χ1) is 11.4. The van der Waals surface area contributed by atoms with Gasteiger partial charge in [0.2, 0.25) is 0 Å². The molecule has 0 atom stereocenters. The Kier molecular flexibility index (Phi) is 10.5. The van der Waals surface area contributed by atoms with Gasteiger partial charge in [0.25, 0.3) is 0 Å². The monoisotopic (exact) mass is 492 g/mol. The number of carboxylic acids is 3. The van der Waals surface area contributed by atoms with Crippen molar-refractivity contribution in [1.82, 2.24) is 30.6 Å². The number of carbonyl (C=O) groups is 3. The number of hydrogen-bond acceptors (Lipinski definition) is 9. The van der Waals surface area contributed by atoms with E-state index in [4.69, 9.17) is 0 Å². The molecule has 0 saturated heterocycles. The van der Waals surface area contributed by atoms with E-state index < -0.39 is 17.9 Å². The summed E-state index contributed by atoms with van der Waals surface area (Å²) in [6.07, 6.45) is 4.27. The largest absolute Gasteiger partial charge is 3.00 e. The van der Waals surface area contributed by atoms with Crippen LogP contribution in [0, 0.1) is 38.6 Å². The van der Waals surface area contributed by atoms with E-state index in [1.54, 1.807) is 0 Å². The maximum absolute atomic E-state index is 9.87. The van der Waals surface area contributed by atoms with Crippen LogP contribution in [0.5, 0.6) is 0 Å². The Hall–Kier alpha value is -2.67. The van der Waals surface area contributed by atoms with Crippen LogP contribution in [-0.2, 0) is 0 Å². The molecule has 0 radical (unpaired) electrons. The predicted octanol–water partition coefficient (Wildman–Crippen LogP) is -3.68. The van der Waals surface area contributed by atoms with E-state index in [1.807, 2.05) is 0 Å². The molecule has 0 bridgehead atoms. The van der Waals surface area contributed by atoms with Gasteiger partial charge in [-0.1, -0.05) is 0 Å². The molecule has 132 valence electrons. The fourth-order valence-electron chi connectivity index (χ4n) is 1.12. The number of aromatic amines is 3. The van der Waals surface area contributed by atoms with Crippen LogP contribution < -0.4 is 15.3 Å². The number of hydrogen-bond donors (Lipinski definition) is 3. The second kappa shape index (κ2) is 11.8. The fourth-order valence-corrected chi connectivity index (χ4v) is 1.12. The molecule has 3 rings (SSSR count). The Balaban J connectivity index is 0.000000339. The van der Waals surface area contributed by atoms with Crippen LogP contribution in [0.2, 0.25) is 0 Å². The molecule has 0 fully saturated rings. The molecule has 12 nitrogen and oxygen atoms in total. The summed E-state index contributed by atoms with van der Waals surface area (Å²) in [6.45, 7) is 0. The topological polar surface area (TPSA) is 206 Å². The zero-order valence-electron chi connectivity index (χ0n) is 12.1. The van der Waals surface area contributed by atoms with Gasteiger partial charge >= 0.3 is 38.6 Å². The van der Waals surface area contributed by atoms with E-state index in [9.17, 15) is 29.7 Å². The van der Waals surface area contributed by atoms with Gasteiger partial charge in [0.1, 0.15) is 17.1 Å². The first-order valence-corrected chi connectivity index (χ1v) is 6.05. The zero-order valence-corrected chi connectivity index (χ0v) is 14.2. The van der Waals surface area contributed by atoms with Crippen LogP contribution in [-0.4, -0.2) is 48.5 Å². The Morgan fingerprint density at radius 2 is 0.880 bits per heavy atom. The van der Waals surface area contributed by atoms with E-state index >= 15 is 0 Å². The third-order valence-corrected chi connectivity index (χ3v) is 2.13. The molecule has 13 heteroatoms. The first-order valence-electron chi connectivity index (χ1n) is 6.05. The molecule has 0 aromatic carbocycles. The summed E-state index contributed by atoms with van der Waals surface area (Å²) in [6, 6.07) is 3.99. The molecule has 0 unspecified atom stereocenters. The summed E-state index contributed by atoms with van der Waals surface area (Å²) < 4.78 is 0. The van der Waals surface area contributed by atoms with Gasteiger partial charge in [-0.3, -0.25) is 15.3 Å². The number of carbonyl (C=O) groups excluding carboxylic acids is 3. The number of aromatic carboxylic acids is 3. The summed E-state index contributed by atoms with van der Waals surface area (Å²) in [7, 11) is 0. The summed E-state index contributed by atoms with van der Waals surface area (Å²) in [4.78, 5) is 29.6. The normalized spacial score (nSPS) is 8.64. The molecule has 25 heavy (non-hydrogen) atoms. The maximum Gasteiger partial charge on any atom is 3.00 e. The molecule has 0 spiro atoms. The predicted molar refractivity (Wildman–Crippen MR) is 68.8 cm³/mol. The Labute approximate surface area is 170 Å². The molecule has 0 aliphatic heterocycles. The molecule has 0 amide bonds. The average Bonchev–Trinajstić information content (AvgIpc) is 3.29. The standard InChI is InChI=1S/3C4H4N2O2.Tb/c3*7-4(8)3-1-2-5-6-3;/h3*1-2H,(H,5,6)(H,7,8);/q;;;+3/p-3. The number of nitrogens with zero attached hydrogens (tertiary/aromatic N) is 3. The van der Waals surface area contributed by atoms with E-state index in [2.05, 4.69) is 30.6 Å². The molecule has 3 aromatic heterocycles. The average molecular weight is 492 g/mol. The molecular formula is C12H9N6O6Tb. The van der Waals surface area contributed by atoms with Crippen LogP contribution >= 0.6 is 0 Å². The van der Waals surface area contributed by atoms with Gasteiger partial charge in [-0.15, -0.1) is 0 Å². The molecule has 0 saturated carbocycles. The summed E-state index contributed by atoms with van der Waals surface area (Å²) in [5.74, 6) is -3.77. The smallest absolute Gasteiger partial charge is 0.543 e. The van der Waals surface area contributed by atoms with Gasteiger partial charge in [-0.05, 0) is 18.2 Å². The third kappa shape index (κ3) is 8.66. The van der Waals surface area contributed by atoms with Crippen molar-refractivity contribution in [2.45, 2.75) is 0 Å². The van der Waals surface area contributed by atoms with E-state index in [0.29, 0.717) is 0 Å². The quantitative estimate of drug-likeness (QED) is 0.329. The van der Waals surface area contributed by atoms with E-state index in [1.165, 1.54) is 36.8 Å². The number of rotatable bonds is 3. The zero-order chi connectivity index (χ0) is 17.9. The first kappa shape index (κ1) is 22.3. The summed E-state index contributed by atoms with van der Waals surface area (Å²) >= 11 is 0. The second-order valence-electron chi connectivity index (χ2n) is 3.74. The SMILES string of the molecule is O=C([O-])c1cc[nH]n1.O=C([O-])c1cc[nH]n1.O=C([O-])c1cc[nH]n1.[Tb+3]. The molecule has 0 aliphatic rings. The van der Waals surface area contributed by atoms with Gasteiger partial charge in [0, 0.05) is 18.6 Å². The van der Waals surface area contributed by atoms with Crippen molar-refractivity contribution in [2.75, 3.05) is 0 Å². The minimum Gasteiger partial charge on any atom is -0.543 e. The van der Waals surface area contributed by atoms with Crippen molar-refractivity contribution in [1.29, 1.82) is 0 Å². The van der Waals surface area contributed by atoms with Gasteiger partial charge in [0.05, 0.1) is 17.9 Å². The Morgan fingerprint density at radius 1 is 0.640 bits per heavy atom. The van der Waals surface area contributed by atoms with E-state index in [-0.39, 0.29) is 55.7 Å². The van der Waals surface area contributed by atoms with Crippen molar-refractivity contribution < 1.29 is 68.3 Å². The third-order valence-electron chi connectivity index (χ3n) is 2.13. The van der Waals surface area contributed by atoms with Crippen molar-refractivity contribution >= 4 is 17.9 Å². The maximum atomic E-state index is 9.87. The van der Waals surface area contributed by atoms with Crippen molar-refractivity contribution in [3.8, 4) is 0 Å². The minimum absolute atomic E-state index is 0.